The van der Waals surface area contributed by atoms with Crippen LogP contribution in [0.2, 0.25) is 0 Å². The first-order chi connectivity index (χ1) is 8.48. The van der Waals surface area contributed by atoms with Crippen molar-refractivity contribution in [2.45, 2.75) is 6.18 Å². The molecule has 0 bridgehead atoms. The minimum Gasteiger partial charge on any atom is -0.307 e. The largest absolute Gasteiger partial charge is 0.418 e. The highest BCUT2D eigenvalue weighted by atomic mass is 32.2. The van der Waals surface area contributed by atoms with Crippen molar-refractivity contribution in [3.8, 4) is 0 Å². The Morgan fingerprint density at radius 2 is 2.06 bits per heavy atom. The number of anilines is 1. The molecule has 3 nitrogen and oxygen atoms in total. The van der Waals surface area contributed by atoms with Crippen LogP contribution in [0.3, 0.4) is 0 Å². The fourth-order valence-electron chi connectivity index (χ4n) is 1.44. The van der Waals surface area contributed by atoms with Crippen molar-refractivity contribution in [2.75, 3.05) is 11.2 Å². The van der Waals surface area contributed by atoms with Gasteiger partial charge < -0.3 is 5.32 Å². The summed E-state index contributed by atoms with van der Waals surface area (Å²) in [5.41, 5.74) is -1.09. The number of hydrogen-bond donors (Lipinski definition) is 1. The zero-order chi connectivity index (χ0) is 13.2. The van der Waals surface area contributed by atoms with Gasteiger partial charge in [0.25, 0.3) is 0 Å². The van der Waals surface area contributed by atoms with Gasteiger partial charge in [-0.25, -0.2) is 4.79 Å². The van der Waals surface area contributed by atoms with Crippen LogP contribution in [0, 0.1) is 0 Å². The SMILES string of the molecule is O=C(Nc1ccccc1C(F)(F)F)N1C=CSC1. The van der Waals surface area contributed by atoms with E-state index in [-0.39, 0.29) is 5.69 Å². The number of rotatable bonds is 1. The number of nitrogens with zero attached hydrogens (tertiary/aromatic N) is 1. The Kier molecular flexibility index (Phi) is 3.51. The van der Waals surface area contributed by atoms with E-state index in [0.717, 1.165) is 6.07 Å². The molecule has 7 heteroatoms. The van der Waals surface area contributed by atoms with Gasteiger partial charge >= 0.3 is 12.2 Å². The Morgan fingerprint density at radius 1 is 1.33 bits per heavy atom. The maximum Gasteiger partial charge on any atom is 0.418 e. The lowest BCUT2D eigenvalue weighted by Gasteiger charge is -2.17. The summed E-state index contributed by atoms with van der Waals surface area (Å²) in [5, 5.41) is 3.97. The minimum atomic E-state index is -4.49. The normalized spacial score (nSPS) is 14.9. The predicted molar refractivity (Wildman–Crippen MR) is 63.9 cm³/mol. The lowest BCUT2D eigenvalue weighted by molar-refractivity contribution is -0.136. The molecular formula is C11H9F3N2OS. The molecule has 1 aliphatic rings. The lowest BCUT2D eigenvalue weighted by atomic mass is 10.1. The zero-order valence-corrected chi connectivity index (χ0v) is 9.89. The summed E-state index contributed by atoms with van der Waals surface area (Å²) < 4.78 is 38.1. The van der Waals surface area contributed by atoms with Crippen LogP contribution in [-0.2, 0) is 6.18 Å². The van der Waals surface area contributed by atoms with E-state index in [1.54, 1.807) is 5.41 Å². The highest BCUT2D eigenvalue weighted by Gasteiger charge is 2.33. The van der Waals surface area contributed by atoms with E-state index >= 15 is 0 Å². The summed E-state index contributed by atoms with van der Waals surface area (Å²) >= 11 is 1.39. The molecule has 0 aliphatic carbocycles. The lowest BCUT2D eigenvalue weighted by Crippen LogP contribution is -2.29. The number of thioether (sulfide) groups is 1. The second-order valence-electron chi connectivity index (χ2n) is 3.52. The molecule has 2 rings (SSSR count). The van der Waals surface area contributed by atoms with Crippen molar-refractivity contribution in [1.29, 1.82) is 0 Å². The van der Waals surface area contributed by atoms with Crippen molar-refractivity contribution >= 4 is 23.5 Å². The number of para-hydroxylation sites is 1. The number of benzene rings is 1. The molecule has 1 aromatic rings. The van der Waals surface area contributed by atoms with Crippen LogP contribution < -0.4 is 5.32 Å². The molecule has 96 valence electrons. The summed E-state index contributed by atoms with van der Waals surface area (Å²) in [4.78, 5) is 13.0. The quantitative estimate of drug-likeness (QED) is 0.846. The standard InChI is InChI=1S/C11H9F3N2OS/c12-11(13,14)8-3-1-2-4-9(8)15-10(17)16-5-6-18-7-16/h1-6H,7H2,(H,15,17). The first-order valence-corrected chi connectivity index (χ1v) is 6.05. The first-order valence-electron chi connectivity index (χ1n) is 5.00. The molecule has 0 saturated carbocycles. The van der Waals surface area contributed by atoms with Gasteiger partial charge in [0, 0.05) is 6.20 Å². The molecule has 0 saturated heterocycles. The second kappa shape index (κ2) is 4.93. The van der Waals surface area contributed by atoms with Crippen LogP contribution in [0.15, 0.2) is 35.9 Å². The third kappa shape index (κ3) is 2.79. The highest BCUT2D eigenvalue weighted by Crippen LogP contribution is 2.34. The van der Waals surface area contributed by atoms with Crippen molar-refractivity contribution in [2.24, 2.45) is 0 Å². The van der Waals surface area contributed by atoms with Crippen molar-refractivity contribution < 1.29 is 18.0 Å². The van der Waals surface area contributed by atoms with E-state index < -0.39 is 17.8 Å². The smallest absolute Gasteiger partial charge is 0.307 e. The van der Waals surface area contributed by atoms with E-state index in [0.29, 0.717) is 5.88 Å². The van der Waals surface area contributed by atoms with Crippen molar-refractivity contribution in [1.82, 2.24) is 4.90 Å². The van der Waals surface area contributed by atoms with Gasteiger partial charge in [-0.05, 0) is 17.5 Å². The van der Waals surface area contributed by atoms with Crippen LogP contribution in [0.25, 0.3) is 0 Å². The maximum absolute atomic E-state index is 12.7. The third-order valence-corrected chi connectivity index (χ3v) is 3.03. The number of halogens is 3. The molecule has 0 aromatic heterocycles. The van der Waals surface area contributed by atoms with Crippen LogP contribution in [0.4, 0.5) is 23.7 Å². The van der Waals surface area contributed by atoms with Gasteiger partial charge in [-0.1, -0.05) is 12.1 Å². The zero-order valence-electron chi connectivity index (χ0n) is 9.07. The molecular weight excluding hydrogens is 265 g/mol. The topological polar surface area (TPSA) is 32.3 Å². The number of alkyl halides is 3. The molecule has 18 heavy (non-hydrogen) atoms. The molecule has 1 aliphatic heterocycles. The second-order valence-corrected chi connectivity index (χ2v) is 4.39. The van der Waals surface area contributed by atoms with Gasteiger partial charge in [-0.15, -0.1) is 11.8 Å². The predicted octanol–water partition coefficient (Wildman–Crippen LogP) is 3.71. The number of nitrogens with one attached hydrogen (secondary N) is 1. The molecule has 2 amide bonds. The van der Waals surface area contributed by atoms with E-state index in [1.165, 1.54) is 41.1 Å². The summed E-state index contributed by atoms with van der Waals surface area (Å²) in [6.07, 6.45) is -2.96. The number of hydrogen-bond acceptors (Lipinski definition) is 2. The van der Waals surface area contributed by atoms with Crippen LogP contribution in [0.5, 0.6) is 0 Å². The first kappa shape index (κ1) is 12.8. The summed E-state index contributed by atoms with van der Waals surface area (Å²) in [6, 6.07) is 4.31. The van der Waals surface area contributed by atoms with Crippen molar-refractivity contribution in [3.63, 3.8) is 0 Å². The van der Waals surface area contributed by atoms with Gasteiger partial charge in [0.15, 0.2) is 0 Å². The number of urea groups is 1. The molecule has 0 spiro atoms. The average Bonchev–Trinajstić information content (AvgIpc) is 2.81. The Labute approximate surface area is 106 Å². The van der Waals surface area contributed by atoms with Crippen LogP contribution in [-0.4, -0.2) is 16.8 Å². The maximum atomic E-state index is 12.7. The molecule has 1 heterocycles. The van der Waals surface area contributed by atoms with Gasteiger partial charge in [0.2, 0.25) is 0 Å². The van der Waals surface area contributed by atoms with Gasteiger partial charge in [0.05, 0.1) is 17.1 Å². The Morgan fingerprint density at radius 3 is 2.67 bits per heavy atom. The molecule has 0 fully saturated rings. The summed E-state index contributed by atoms with van der Waals surface area (Å²) in [7, 11) is 0. The van der Waals surface area contributed by atoms with Gasteiger partial charge in [-0.3, -0.25) is 4.90 Å². The highest BCUT2D eigenvalue weighted by molar-refractivity contribution is 8.02. The number of carbonyl (C=O) groups is 1. The van der Waals surface area contributed by atoms with E-state index in [1.807, 2.05) is 0 Å². The van der Waals surface area contributed by atoms with Gasteiger partial charge in [-0.2, -0.15) is 13.2 Å². The molecule has 1 aromatic carbocycles. The van der Waals surface area contributed by atoms with Crippen LogP contribution >= 0.6 is 11.8 Å². The van der Waals surface area contributed by atoms with Gasteiger partial charge in [0.1, 0.15) is 0 Å². The summed E-state index contributed by atoms with van der Waals surface area (Å²) in [5.74, 6) is 0.403. The van der Waals surface area contributed by atoms with Crippen molar-refractivity contribution in [3.05, 3.63) is 41.4 Å². The Bertz CT molecular complexity index is 487. The van der Waals surface area contributed by atoms with E-state index in [2.05, 4.69) is 5.32 Å². The Hall–Kier alpha value is -1.63. The van der Waals surface area contributed by atoms with Crippen LogP contribution in [0.1, 0.15) is 5.56 Å². The minimum absolute atomic E-state index is 0.236. The van der Waals surface area contributed by atoms with E-state index in [4.69, 9.17) is 0 Å². The summed E-state index contributed by atoms with van der Waals surface area (Å²) in [6.45, 7) is 0. The molecule has 1 N–H and O–H groups in total. The average molecular weight is 274 g/mol. The molecule has 0 atom stereocenters. The fourth-order valence-corrected chi connectivity index (χ4v) is 2.12. The molecule has 0 unspecified atom stereocenters. The monoisotopic (exact) mass is 274 g/mol. The Balaban J connectivity index is 2.19. The molecule has 0 radical (unpaired) electrons. The number of carbonyl (C=O) groups excluding carboxylic acids is 1. The van der Waals surface area contributed by atoms with E-state index in [9.17, 15) is 18.0 Å². The third-order valence-electron chi connectivity index (χ3n) is 2.29. The fraction of sp³-hybridized carbons (Fsp3) is 0.182. The number of amides is 2.